The fraction of sp³-hybridized carbons (Fsp3) is 0.727. The van der Waals surface area contributed by atoms with Crippen molar-refractivity contribution >= 4 is 23.4 Å². The van der Waals surface area contributed by atoms with E-state index in [9.17, 15) is 19.5 Å². The fourth-order valence-electron chi connectivity index (χ4n) is 8.03. The van der Waals surface area contributed by atoms with E-state index in [4.69, 9.17) is 9.47 Å². The lowest BCUT2D eigenvalue weighted by Crippen LogP contribution is -2.62. The molecule has 2 unspecified atom stereocenters. The molecule has 0 radical (unpaired) electrons. The van der Waals surface area contributed by atoms with Crippen LogP contribution in [0.5, 0.6) is 5.75 Å². The van der Waals surface area contributed by atoms with Crippen molar-refractivity contribution in [2.45, 2.75) is 117 Å². The zero-order valence-corrected chi connectivity index (χ0v) is 26.9. The summed E-state index contributed by atoms with van der Waals surface area (Å²) in [6.45, 7) is 18.4. The third-order valence-electron chi connectivity index (χ3n) is 9.46. The van der Waals surface area contributed by atoms with Crippen molar-refractivity contribution in [1.29, 1.82) is 0 Å². The zero-order valence-electron chi connectivity index (χ0n) is 26.9. The summed E-state index contributed by atoms with van der Waals surface area (Å²) in [4.78, 5) is 44.4. The predicted octanol–water partition coefficient (Wildman–Crippen LogP) is 4.53. The second-order valence-electron chi connectivity index (χ2n) is 14.7. The van der Waals surface area contributed by atoms with E-state index in [1.54, 1.807) is 29.2 Å². The van der Waals surface area contributed by atoms with Crippen molar-refractivity contribution in [2.75, 3.05) is 18.5 Å². The van der Waals surface area contributed by atoms with Crippen LogP contribution in [0.25, 0.3) is 0 Å². The number of ether oxygens (including phenoxy) is 2. The molecule has 7 atom stereocenters. The number of aliphatic hydroxyl groups excluding tert-OH is 1. The van der Waals surface area contributed by atoms with Crippen molar-refractivity contribution in [3.05, 3.63) is 24.3 Å². The Bertz CT molecular complexity index is 1180. The Labute approximate surface area is 251 Å². The van der Waals surface area contributed by atoms with E-state index >= 15 is 0 Å². The van der Waals surface area contributed by atoms with Gasteiger partial charge in [0.1, 0.15) is 17.4 Å². The normalized spacial score (nSPS) is 30.2. The Kier molecular flexibility index (Phi) is 8.80. The summed E-state index contributed by atoms with van der Waals surface area (Å²) in [5.41, 5.74) is -2.04. The van der Waals surface area contributed by atoms with Gasteiger partial charge in [-0.05, 0) is 82.6 Å². The first-order valence-electron chi connectivity index (χ1n) is 15.5. The number of hydrogen-bond acceptors (Lipinski definition) is 6. The number of carbonyl (C=O) groups is 3. The van der Waals surface area contributed by atoms with Gasteiger partial charge in [0.15, 0.2) is 0 Å². The SMILES string of the molecule is CCOc1ccc(NC(=O)[C@@H]2[C@H]3C(=O)N([C@@H](CO)[C@@H](C)CC)C(C(=O)NC(C)(C)CC(C)(C)C)C34CC[C@@]2(C)O4)cc1. The number of hydrogen-bond donors (Lipinski definition) is 3. The standard InChI is InChI=1S/C33H51N3O6/c1-10-20(3)23(18-37)36-26(28(39)35-31(7,8)19-30(4,5)6)33-17-16-32(9,42-33)24(25(33)29(36)40)27(38)34-21-12-14-22(15-13-21)41-11-2/h12-15,20,23-26,37H,10-11,16-19H2,1-9H3,(H,34,38)(H,35,39)/t20-,23-,24-,25-,26?,32+,33?/m0/s1. The first kappa shape index (κ1) is 32.3. The monoisotopic (exact) mass is 585 g/mol. The molecule has 1 aromatic carbocycles. The minimum atomic E-state index is -1.16. The Morgan fingerprint density at radius 2 is 1.76 bits per heavy atom. The molecule has 0 aromatic heterocycles. The average molecular weight is 586 g/mol. The smallest absolute Gasteiger partial charge is 0.246 e. The number of nitrogens with zero attached hydrogens (tertiary/aromatic N) is 1. The van der Waals surface area contributed by atoms with E-state index in [-0.39, 0.29) is 35.7 Å². The van der Waals surface area contributed by atoms with Gasteiger partial charge in [0.25, 0.3) is 0 Å². The van der Waals surface area contributed by atoms with Crippen LogP contribution in [0.1, 0.15) is 88.0 Å². The average Bonchev–Trinajstić information content (AvgIpc) is 3.45. The zero-order chi connectivity index (χ0) is 31.3. The number of amides is 3. The van der Waals surface area contributed by atoms with Gasteiger partial charge in [-0.1, -0.05) is 41.0 Å². The highest BCUT2D eigenvalue weighted by Gasteiger charge is 2.78. The van der Waals surface area contributed by atoms with Gasteiger partial charge in [0.05, 0.1) is 36.7 Å². The molecular formula is C33H51N3O6. The third-order valence-corrected chi connectivity index (χ3v) is 9.46. The maximum atomic E-state index is 14.5. The lowest BCUT2D eigenvalue weighted by Gasteiger charge is -2.41. The molecule has 0 aliphatic carbocycles. The molecule has 2 bridgehead atoms. The summed E-state index contributed by atoms with van der Waals surface area (Å²) in [5, 5.41) is 16.8. The van der Waals surface area contributed by atoms with Crippen molar-refractivity contribution in [3.63, 3.8) is 0 Å². The van der Waals surface area contributed by atoms with Gasteiger partial charge in [0, 0.05) is 11.2 Å². The largest absolute Gasteiger partial charge is 0.494 e. The van der Waals surface area contributed by atoms with E-state index in [2.05, 4.69) is 31.4 Å². The van der Waals surface area contributed by atoms with Crippen LogP contribution < -0.4 is 15.4 Å². The Morgan fingerprint density at radius 3 is 2.31 bits per heavy atom. The van der Waals surface area contributed by atoms with Crippen molar-refractivity contribution < 1.29 is 29.0 Å². The van der Waals surface area contributed by atoms with Crippen molar-refractivity contribution in [2.24, 2.45) is 23.2 Å². The molecule has 1 spiro atoms. The second-order valence-corrected chi connectivity index (χ2v) is 14.7. The summed E-state index contributed by atoms with van der Waals surface area (Å²) in [6.07, 6.45) is 2.48. The molecule has 3 saturated heterocycles. The molecule has 42 heavy (non-hydrogen) atoms. The molecule has 9 heteroatoms. The number of aliphatic hydroxyl groups is 1. The molecule has 3 amide bonds. The quantitative estimate of drug-likeness (QED) is 0.352. The Morgan fingerprint density at radius 1 is 1.12 bits per heavy atom. The molecule has 3 fully saturated rings. The van der Waals surface area contributed by atoms with E-state index in [0.29, 0.717) is 30.9 Å². The second kappa shape index (κ2) is 11.5. The number of nitrogens with one attached hydrogen (secondary N) is 2. The van der Waals surface area contributed by atoms with E-state index < -0.39 is 40.7 Å². The molecular weight excluding hydrogens is 534 g/mol. The van der Waals surface area contributed by atoms with Crippen LogP contribution >= 0.6 is 0 Å². The predicted molar refractivity (Wildman–Crippen MR) is 162 cm³/mol. The van der Waals surface area contributed by atoms with Gasteiger partial charge in [-0.25, -0.2) is 0 Å². The highest BCUT2D eigenvalue weighted by atomic mass is 16.5. The van der Waals surface area contributed by atoms with E-state index in [1.807, 2.05) is 41.5 Å². The topological polar surface area (TPSA) is 117 Å². The molecule has 4 rings (SSSR count). The van der Waals surface area contributed by atoms with Crippen LogP contribution in [0.2, 0.25) is 0 Å². The maximum absolute atomic E-state index is 14.5. The van der Waals surface area contributed by atoms with Crippen molar-refractivity contribution in [1.82, 2.24) is 10.2 Å². The summed E-state index contributed by atoms with van der Waals surface area (Å²) in [5.74, 6) is -1.87. The molecule has 3 aliphatic heterocycles. The van der Waals surface area contributed by atoms with Crippen molar-refractivity contribution in [3.8, 4) is 5.75 Å². The molecule has 3 N–H and O–H groups in total. The minimum absolute atomic E-state index is 0.0347. The van der Waals surface area contributed by atoms with Crippen LogP contribution in [0.4, 0.5) is 5.69 Å². The Balaban J connectivity index is 1.72. The van der Waals surface area contributed by atoms with Gasteiger partial charge in [0.2, 0.25) is 17.7 Å². The van der Waals surface area contributed by atoms with Crippen LogP contribution in [0, 0.1) is 23.2 Å². The van der Waals surface area contributed by atoms with E-state index in [1.165, 1.54) is 0 Å². The molecule has 1 aromatic rings. The summed E-state index contributed by atoms with van der Waals surface area (Å²) in [6, 6.07) is 5.60. The van der Waals surface area contributed by atoms with Crippen LogP contribution in [-0.4, -0.2) is 69.8 Å². The number of anilines is 1. The highest BCUT2D eigenvalue weighted by molar-refractivity contribution is 6.02. The van der Waals surface area contributed by atoms with Crippen LogP contribution in [-0.2, 0) is 19.1 Å². The van der Waals surface area contributed by atoms with Gasteiger partial charge in [-0.15, -0.1) is 0 Å². The summed E-state index contributed by atoms with van der Waals surface area (Å²) in [7, 11) is 0. The number of likely N-dealkylation sites (tertiary alicyclic amines) is 1. The first-order valence-corrected chi connectivity index (χ1v) is 15.5. The first-order chi connectivity index (χ1) is 19.5. The molecule has 234 valence electrons. The fourth-order valence-corrected chi connectivity index (χ4v) is 8.03. The molecule has 3 aliphatic rings. The molecule has 9 nitrogen and oxygen atoms in total. The number of carbonyl (C=O) groups excluding carboxylic acids is 3. The van der Waals surface area contributed by atoms with Gasteiger partial charge >= 0.3 is 0 Å². The highest BCUT2D eigenvalue weighted by Crippen LogP contribution is 2.63. The van der Waals surface area contributed by atoms with Gasteiger partial charge in [-0.3, -0.25) is 14.4 Å². The van der Waals surface area contributed by atoms with E-state index in [0.717, 1.165) is 12.8 Å². The van der Waals surface area contributed by atoms with Crippen LogP contribution in [0.15, 0.2) is 24.3 Å². The van der Waals surface area contributed by atoms with Gasteiger partial charge < -0.3 is 30.1 Å². The third kappa shape index (κ3) is 5.79. The maximum Gasteiger partial charge on any atom is 0.246 e. The van der Waals surface area contributed by atoms with Crippen LogP contribution in [0.3, 0.4) is 0 Å². The number of fused-ring (bicyclic) bond motifs is 1. The minimum Gasteiger partial charge on any atom is -0.494 e. The number of benzene rings is 1. The van der Waals surface area contributed by atoms with Gasteiger partial charge in [-0.2, -0.15) is 0 Å². The lowest BCUT2D eigenvalue weighted by molar-refractivity contribution is -0.151. The summed E-state index contributed by atoms with van der Waals surface area (Å²) >= 11 is 0. The summed E-state index contributed by atoms with van der Waals surface area (Å²) < 4.78 is 12.3. The lowest BCUT2D eigenvalue weighted by atomic mass is 9.66. The molecule has 3 heterocycles. The molecule has 0 saturated carbocycles. The Hall–Kier alpha value is -2.65. The number of rotatable bonds is 11.